The number of benzene rings is 2. The molecular weight excluding hydrogens is 428 g/mol. The van der Waals surface area contributed by atoms with Crippen LogP contribution in [-0.4, -0.2) is 66.2 Å². The molecular formula is C24H29ClN4O3. The average molecular weight is 457 g/mol. The quantitative estimate of drug-likeness (QED) is 0.644. The normalized spacial score (nSPS) is 21.6. The fourth-order valence-corrected chi connectivity index (χ4v) is 4.64. The fraction of sp³-hybridized carbons (Fsp3) is 0.417. The highest BCUT2D eigenvalue weighted by atomic mass is 35.5. The number of rotatable bonds is 5. The molecule has 2 amide bonds. The zero-order chi connectivity index (χ0) is 22.7. The molecule has 8 heteroatoms. The van der Waals surface area contributed by atoms with Crippen molar-refractivity contribution in [1.29, 1.82) is 0 Å². The van der Waals surface area contributed by atoms with Gasteiger partial charge in [0.1, 0.15) is 0 Å². The molecule has 170 valence electrons. The van der Waals surface area contributed by atoms with Gasteiger partial charge in [-0.2, -0.15) is 0 Å². The number of β-amino-alcohol motifs (C(OH)–C–C–N with tert-alkyl or cyclic N) is 1. The van der Waals surface area contributed by atoms with E-state index in [0.29, 0.717) is 36.8 Å². The summed E-state index contributed by atoms with van der Waals surface area (Å²) in [5.74, 6) is -0.0893. The summed E-state index contributed by atoms with van der Waals surface area (Å²) in [4.78, 5) is 28.2. The molecule has 0 saturated carbocycles. The predicted octanol–water partition coefficient (Wildman–Crippen LogP) is 2.74. The van der Waals surface area contributed by atoms with Crippen LogP contribution in [0, 0.1) is 0 Å². The first-order valence-corrected chi connectivity index (χ1v) is 11.4. The molecule has 2 aromatic rings. The second kappa shape index (κ2) is 9.90. The molecule has 2 atom stereocenters. The third-order valence-corrected chi connectivity index (χ3v) is 6.42. The van der Waals surface area contributed by atoms with Gasteiger partial charge in [-0.3, -0.25) is 9.59 Å². The maximum absolute atomic E-state index is 12.7. The lowest BCUT2D eigenvalue weighted by Gasteiger charge is -2.34. The van der Waals surface area contributed by atoms with Gasteiger partial charge in [-0.15, -0.1) is 0 Å². The Balaban J connectivity index is 1.32. The van der Waals surface area contributed by atoms with Gasteiger partial charge in [-0.1, -0.05) is 23.7 Å². The highest BCUT2D eigenvalue weighted by Gasteiger charge is 2.35. The summed E-state index contributed by atoms with van der Waals surface area (Å²) >= 11 is 5.92. The minimum atomic E-state index is -0.505. The van der Waals surface area contributed by atoms with Crippen LogP contribution >= 0.6 is 11.6 Å². The fourth-order valence-electron chi connectivity index (χ4n) is 4.52. The molecule has 2 saturated heterocycles. The predicted molar refractivity (Wildman–Crippen MR) is 126 cm³/mol. The lowest BCUT2D eigenvalue weighted by Crippen LogP contribution is -2.50. The van der Waals surface area contributed by atoms with Gasteiger partial charge in [0.15, 0.2) is 0 Å². The highest BCUT2D eigenvalue weighted by Crippen LogP contribution is 2.29. The second-order valence-electron chi connectivity index (χ2n) is 8.52. The second-order valence-corrected chi connectivity index (χ2v) is 8.95. The molecule has 0 aliphatic carbocycles. The largest absolute Gasteiger partial charge is 0.390 e. The number of piperidine rings is 1. The van der Waals surface area contributed by atoms with Crippen molar-refractivity contribution in [2.75, 3.05) is 36.4 Å². The number of nitrogens with zero attached hydrogens (tertiary/aromatic N) is 2. The smallest absolute Gasteiger partial charge is 0.253 e. The SMILES string of the molecule is CC(=O)Nc1ccccc1N1C[C@@H](O)[C@H](NC2CCN(C(=O)c3ccc(Cl)cc3)CC2)C1. The monoisotopic (exact) mass is 456 g/mol. The Kier molecular flexibility index (Phi) is 6.98. The minimum absolute atomic E-state index is 0.0294. The average Bonchev–Trinajstić information content (AvgIpc) is 3.14. The number of amides is 2. The number of carbonyl (C=O) groups excluding carboxylic acids is 2. The number of hydrogen-bond acceptors (Lipinski definition) is 5. The molecule has 0 aromatic heterocycles. The van der Waals surface area contributed by atoms with Crippen LogP contribution in [0.25, 0.3) is 0 Å². The van der Waals surface area contributed by atoms with Gasteiger partial charge >= 0.3 is 0 Å². The first-order valence-electron chi connectivity index (χ1n) is 11.0. The van der Waals surface area contributed by atoms with Gasteiger partial charge in [0, 0.05) is 49.7 Å². The van der Waals surface area contributed by atoms with E-state index in [-0.39, 0.29) is 23.9 Å². The zero-order valence-electron chi connectivity index (χ0n) is 18.1. The third kappa shape index (κ3) is 5.23. The molecule has 2 heterocycles. The van der Waals surface area contributed by atoms with Gasteiger partial charge in [0.2, 0.25) is 5.91 Å². The zero-order valence-corrected chi connectivity index (χ0v) is 18.9. The molecule has 2 aliphatic rings. The molecule has 0 radical (unpaired) electrons. The van der Waals surface area contributed by atoms with Crippen molar-refractivity contribution in [1.82, 2.24) is 10.2 Å². The number of hydrogen-bond donors (Lipinski definition) is 3. The number of para-hydroxylation sites is 2. The van der Waals surface area contributed by atoms with Crippen molar-refractivity contribution in [2.45, 2.75) is 38.0 Å². The lowest BCUT2D eigenvalue weighted by molar-refractivity contribution is -0.114. The molecule has 7 nitrogen and oxygen atoms in total. The molecule has 32 heavy (non-hydrogen) atoms. The van der Waals surface area contributed by atoms with Gasteiger partial charge in [0.05, 0.1) is 23.5 Å². The third-order valence-electron chi connectivity index (χ3n) is 6.17. The first kappa shape index (κ1) is 22.6. The van der Waals surface area contributed by atoms with Crippen LogP contribution in [0.5, 0.6) is 0 Å². The van der Waals surface area contributed by atoms with Crippen LogP contribution in [0.1, 0.15) is 30.1 Å². The number of anilines is 2. The van der Waals surface area contributed by atoms with E-state index in [1.54, 1.807) is 24.3 Å². The van der Waals surface area contributed by atoms with E-state index < -0.39 is 6.10 Å². The summed E-state index contributed by atoms with van der Waals surface area (Å²) in [5.41, 5.74) is 2.32. The maximum Gasteiger partial charge on any atom is 0.253 e. The van der Waals surface area contributed by atoms with Crippen molar-refractivity contribution >= 4 is 34.8 Å². The summed E-state index contributed by atoms with van der Waals surface area (Å²) in [6, 6.07) is 14.8. The van der Waals surface area contributed by atoms with E-state index in [2.05, 4.69) is 15.5 Å². The summed E-state index contributed by atoms with van der Waals surface area (Å²) < 4.78 is 0. The van der Waals surface area contributed by atoms with E-state index in [1.807, 2.05) is 29.2 Å². The summed E-state index contributed by atoms with van der Waals surface area (Å²) in [6.45, 7) is 4.00. The molecule has 0 unspecified atom stereocenters. The number of likely N-dealkylation sites (tertiary alicyclic amines) is 1. The van der Waals surface area contributed by atoms with Crippen molar-refractivity contribution in [3.05, 3.63) is 59.1 Å². The van der Waals surface area contributed by atoms with Gasteiger partial charge in [-0.25, -0.2) is 0 Å². The van der Waals surface area contributed by atoms with Crippen molar-refractivity contribution in [2.24, 2.45) is 0 Å². The van der Waals surface area contributed by atoms with Gasteiger partial charge < -0.3 is 25.5 Å². The number of aliphatic hydroxyl groups is 1. The van der Waals surface area contributed by atoms with E-state index in [0.717, 1.165) is 24.2 Å². The van der Waals surface area contributed by atoms with Crippen LogP contribution < -0.4 is 15.5 Å². The molecule has 0 spiro atoms. The number of nitrogens with one attached hydrogen (secondary N) is 2. The molecule has 2 aromatic carbocycles. The van der Waals surface area contributed by atoms with Crippen molar-refractivity contribution in [3.8, 4) is 0 Å². The van der Waals surface area contributed by atoms with Crippen LogP contribution in [0.2, 0.25) is 5.02 Å². The van der Waals surface area contributed by atoms with Gasteiger partial charge in [-0.05, 0) is 49.2 Å². The summed E-state index contributed by atoms with van der Waals surface area (Å²) in [5, 5.41) is 17.8. The molecule has 4 rings (SSSR count). The van der Waals surface area contributed by atoms with E-state index in [4.69, 9.17) is 11.6 Å². The minimum Gasteiger partial charge on any atom is -0.390 e. The van der Waals surface area contributed by atoms with Crippen LogP contribution in [-0.2, 0) is 4.79 Å². The Morgan fingerprint density at radius 3 is 2.41 bits per heavy atom. The van der Waals surface area contributed by atoms with Crippen LogP contribution in [0.4, 0.5) is 11.4 Å². The van der Waals surface area contributed by atoms with Crippen LogP contribution in [0.15, 0.2) is 48.5 Å². The summed E-state index contributed by atoms with van der Waals surface area (Å²) in [7, 11) is 0. The summed E-state index contributed by atoms with van der Waals surface area (Å²) in [6.07, 6.45) is 1.17. The molecule has 2 aliphatic heterocycles. The highest BCUT2D eigenvalue weighted by molar-refractivity contribution is 6.30. The van der Waals surface area contributed by atoms with Crippen LogP contribution in [0.3, 0.4) is 0 Å². The van der Waals surface area contributed by atoms with E-state index >= 15 is 0 Å². The first-order chi connectivity index (χ1) is 15.4. The topological polar surface area (TPSA) is 84.9 Å². The number of carbonyl (C=O) groups is 2. The van der Waals surface area contributed by atoms with Gasteiger partial charge in [0.25, 0.3) is 5.91 Å². The van der Waals surface area contributed by atoms with Crippen molar-refractivity contribution < 1.29 is 14.7 Å². The molecule has 0 bridgehead atoms. The lowest BCUT2D eigenvalue weighted by atomic mass is 10.0. The standard InChI is InChI=1S/C24H29ClN4O3/c1-16(30)26-20-4-2-3-5-22(20)29-14-21(23(31)15-29)27-19-10-12-28(13-11-19)24(32)17-6-8-18(25)9-7-17/h2-9,19,21,23,27,31H,10-15H2,1H3,(H,26,30)/t21-,23-/m1/s1. The Labute approximate surface area is 193 Å². The Morgan fingerprint density at radius 2 is 1.72 bits per heavy atom. The van der Waals surface area contributed by atoms with E-state index in [1.165, 1.54) is 6.92 Å². The maximum atomic E-state index is 12.7. The van der Waals surface area contributed by atoms with E-state index in [9.17, 15) is 14.7 Å². The molecule has 3 N–H and O–H groups in total. The van der Waals surface area contributed by atoms with Crippen molar-refractivity contribution in [3.63, 3.8) is 0 Å². The molecule has 2 fully saturated rings. The Hall–Kier alpha value is -2.61. The number of aliphatic hydroxyl groups excluding tert-OH is 1. The number of halogens is 1. The Morgan fingerprint density at radius 1 is 1.03 bits per heavy atom. The Bertz CT molecular complexity index is 960.